The van der Waals surface area contributed by atoms with Gasteiger partial charge in [0.15, 0.2) is 0 Å². The number of phenolic OH excluding ortho intramolecular Hbond substituents is 1. The fraction of sp³-hybridized carbons (Fsp3) is 0.333. The van der Waals surface area contributed by atoms with Gasteiger partial charge in [-0.3, -0.25) is 9.89 Å². The number of rotatable bonds is 6. The van der Waals surface area contributed by atoms with Gasteiger partial charge in [-0.2, -0.15) is 10.2 Å². The van der Waals surface area contributed by atoms with Crippen LogP contribution in [0, 0.1) is 0 Å². The first-order valence-electron chi connectivity index (χ1n) is 10.6. The van der Waals surface area contributed by atoms with Crippen LogP contribution in [0.2, 0.25) is 0 Å². The zero-order valence-corrected chi connectivity index (χ0v) is 18.8. The van der Waals surface area contributed by atoms with Crippen LogP contribution >= 0.6 is 0 Å². The summed E-state index contributed by atoms with van der Waals surface area (Å²) in [6.45, 7) is 6.42. The van der Waals surface area contributed by atoms with E-state index in [4.69, 9.17) is 10.5 Å². The molecule has 0 spiro atoms. The topological polar surface area (TPSA) is 110 Å². The third-order valence-corrected chi connectivity index (χ3v) is 5.83. The third-order valence-electron chi connectivity index (χ3n) is 5.83. The molecule has 0 amide bonds. The van der Waals surface area contributed by atoms with E-state index in [9.17, 15) is 5.11 Å². The minimum atomic E-state index is 0.0995. The van der Waals surface area contributed by atoms with Crippen LogP contribution in [0.3, 0.4) is 0 Å². The zero-order valence-electron chi connectivity index (χ0n) is 18.8. The second kappa shape index (κ2) is 8.92. The minimum Gasteiger partial charge on any atom is -0.507 e. The molecule has 0 saturated carbocycles. The van der Waals surface area contributed by atoms with Gasteiger partial charge in [0.2, 0.25) is 5.88 Å². The number of hydrogen-bond donors (Lipinski definition) is 2. The van der Waals surface area contributed by atoms with Crippen molar-refractivity contribution in [3.05, 3.63) is 47.7 Å². The molecule has 1 fully saturated rings. The van der Waals surface area contributed by atoms with Crippen molar-refractivity contribution in [3.63, 3.8) is 0 Å². The Labute approximate surface area is 187 Å². The molecule has 1 aromatic carbocycles. The highest BCUT2D eigenvalue weighted by Gasteiger charge is 2.30. The zero-order chi connectivity index (χ0) is 22.8. The number of nitrogens with two attached hydrogens (primary N) is 1. The molecule has 1 saturated heterocycles. The number of pyridine rings is 1. The number of aliphatic imine (C=N–C) groups is 1. The highest BCUT2D eigenvalue weighted by molar-refractivity contribution is 5.90. The Morgan fingerprint density at radius 2 is 1.94 bits per heavy atom. The Kier molecular flexibility index (Phi) is 6.05. The highest BCUT2D eigenvalue weighted by atomic mass is 16.5. The van der Waals surface area contributed by atoms with Gasteiger partial charge in [0.05, 0.1) is 24.2 Å². The molecule has 8 heteroatoms. The molecule has 0 aliphatic carbocycles. The number of likely N-dealkylation sites (tertiary alicyclic amines) is 1. The molecule has 32 heavy (non-hydrogen) atoms. The van der Waals surface area contributed by atoms with E-state index < -0.39 is 0 Å². The van der Waals surface area contributed by atoms with E-state index in [-0.39, 0.29) is 5.75 Å². The molecule has 1 aliphatic rings. The van der Waals surface area contributed by atoms with Gasteiger partial charge in [-0.15, -0.1) is 0 Å². The number of aromatic hydroxyl groups is 1. The van der Waals surface area contributed by atoms with Crippen molar-refractivity contribution >= 4 is 11.9 Å². The lowest BCUT2D eigenvalue weighted by molar-refractivity contribution is 0.107. The number of aromatic nitrogens is 3. The number of nitrogen functional groups attached to an aromatic ring is 1. The first kappa shape index (κ1) is 21.7. The Morgan fingerprint density at radius 3 is 2.53 bits per heavy atom. The van der Waals surface area contributed by atoms with Crippen LogP contribution in [0.1, 0.15) is 31.0 Å². The normalized spacial score (nSPS) is 14.8. The molecule has 0 unspecified atom stereocenters. The summed E-state index contributed by atoms with van der Waals surface area (Å²) in [5.74, 6) is 0.833. The maximum absolute atomic E-state index is 10.7. The lowest BCUT2D eigenvalue weighted by atomic mass is 9.94. The average molecular weight is 433 g/mol. The van der Waals surface area contributed by atoms with Crippen LogP contribution < -0.4 is 10.5 Å². The number of nitrogens with zero attached hydrogens (tertiary/aromatic N) is 5. The summed E-state index contributed by atoms with van der Waals surface area (Å²) in [6.07, 6.45) is 1.65. The summed E-state index contributed by atoms with van der Waals surface area (Å²) in [4.78, 5) is 10.9. The molecular weight excluding hydrogens is 404 g/mol. The van der Waals surface area contributed by atoms with Crippen molar-refractivity contribution in [1.82, 2.24) is 20.1 Å². The highest BCUT2D eigenvalue weighted by Crippen LogP contribution is 2.35. The summed E-state index contributed by atoms with van der Waals surface area (Å²) in [5.41, 5.74) is 10.8. The molecular formula is C24H28N6O2. The molecule has 3 N–H and O–H groups in total. The second-order valence-electron chi connectivity index (χ2n) is 8.23. The Balaban J connectivity index is 1.59. The maximum Gasteiger partial charge on any atom is 0.238 e. The van der Waals surface area contributed by atoms with Gasteiger partial charge in [-0.05, 0) is 44.2 Å². The van der Waals surface area contributed by atoms with Crippen LogP contribution in [-0.2, 0) is 0 Å². The molecule has 166 valence electrons. The lowest BCUT2D eigenvalue weighted by Crippen LogP contribution is -2.48. The van der Waals surface area contributed by atoms with Gasteiger partial charge in [-0.1, -0.05) is 6.07 Å². The summed E-state index contributed by atoms with van der Waals surface area (Å²) >= 11 is 0. The summed E-state index contributed by atoms with van der Waals surface area (Å²) < 4.78 is 5.30. The van der Waals surface area contributed by atoms with E-state index in [1.807, 2.05) is 30.3 Å². The number of anilines is 1. The molecule has 3 heterocycles. The van der Waals surface area contributed by atoms with Gasteiger partial charge < -0.3 is 15.6 Å². The molecule has 3 aromatic rings. The van der Waals surface area contributed by atoms with Crippen LogP contribution in [-0.4, -0.2) is 64.7 Å². The molecule has 2 aromatic heterocycles. The van der Waals surface area contributed by atoms with E-state index in [0.717, 1.165) is 24.3 Å². The standard InChI is InChI=1S/C24H28N6O2/c1-14(2)30-12-17(13-30)19-7-8-20(29-28-19)18-6-5-15(10-22(18)31)21-9-16(11-26-3)23(25)24(27-21)32-4/h5-11,14,17,31H,12-13,25H2,1-4H3. The van der Waals surface area contributed by atoms with Crippen LogP contribution in [0.15, 0.2) is 41.4 Å². The monoisotopic (exact) mass is 432 g/mol. The second-order valence-corrected chi connectivity index (χ2v) is 8.23. The van der Waals surface area contributed by atoms with E-state index >= 15 is 0 Å². The Bertz CT molecular complexity index is 1140. The Hall–Kier alpha value is -3.52. The number of phenols is 1. The van der Waals surface area contributed by atoms with Crippen LogP contribution in [0.25, 0.3) is 22.5 Å². The largest absolute Gasteiger partial charge is 0.507 e. The van der Waals surface area contributed by atoms with Gasteiger partial charge in [0.25, 0.3) is 0 Å². The van der Waals surface area contributed by atoms with Crippen molar-refractivity contribution in [2.24, 2.45) is 4.99 Å². The predicted octanol–water partition coefficient (Wildman–Crippen LogP) is 3.36. The van der Waals surface area contributed by atoms with Crippen molar-refractivity contribution in [2.45, 2.75) is 25.8 Å². The van der Waals surface area contributed by atoms with Crippen molar-refractivity contribution in [3.8, 4) is 34.1 Å². The summed E-state index contributed by atoms with van der Waals surface area (Å²) in [6, 6.07) is 11.6. The number of ether oxygens (including phenoxy) is 1. The van der Waals surface area contributed by atoms with Gasteiger partial charge in [-0.25, -0.2) is 4.98 Å². The molecule has 4 rings (SSSR count). The average Bonchev–Trinajstić information content (AvgIpc) is 2.74. The van der Waals surface area contributed by atoms with Crippen molar-refractivity contribution in [2.75, 3.05) is 33.0 Å². The van der Waals surface area contributed by atoms with E-state index in [0.29, 0.717) is 46.0 Å². The predicted molar refractivity (Wildman–Crippen MR) is 126 cm³/mol. The fourth-order valence-corrected chi connectivity index (χ4v) is 3.83. The smallest absolute Gasteiger partial charge is 0.238 e. The van der Waals surface area contributed by atoms with Crippen molar-refractivity contribution < 1.29 is 9.84 Å². The molecule has 1 aliphatic heterocycles. The number of benzene rings is 1. The van der Waals surface area contributed by atoms with Crippen molar-refractivity contribution in [1.29, 1.82) is 0 Å². The minimum absolute atomic E-state index is 0.0995. The molecule has 0 atom stereocenters. The summed E-state index contributed by atoms with van der Waals surface area (Å²) in [5, 5.41) is 19.5. The van der Waals surface area contributed by atoms with Gasteiger partial charge in [0.1, 0.15) is 11.4 Å². The number of methoxy groups -OCH3 is 1. The van der Waals surface area contributed by atoms with Gasteiger partial charge in [0, 0.05) is 55.0 Å². The quantitative estimate of drug-likeness (QED) is 0.575. The molecule has 0 radical (unpaired) electrons. The molecule has 8 nitrogen and oxygen atoms in total. The van der Waals surface area contributed by atoms with E-state index in [2.05, 4.69) is 38.9 Å². The number of hydrogen-bond acceptors (Lipinski definition) is 8. The van der Waals surface area contributed by atoms with E-state index in [1.165, 1.54) is 7.11 Å². The third kappa shape index (κ3) is 4.13. The first-order chi connectivity index (χ1) is 15.4. The van der Waals surface area contributed by atoms with Crippen LogP contribution in [0.4, 0.5) is 5.69 Å². The molecule has 0 bridgehead atoms. The Morgan fingerprint density at radius 1 is 1.16 bits per heavy atom. The summed E-state index contributed by atoms with van der Waals surface area (Å²) in [7, 11) is 3.19. The fourth-order valence-electron chi connectivity index (χ4n) is 3.83. The SMILES string of the molecule is CN=Cc1cc(-c2ccc(-c3ccc(C4CN(C(C)C)C4)nn3)c(O)c2)nc(OC)c1N. The first-order valence-corrected chi connectivity index (χ1v) is 10.6. The lowest BCUT2D eigenvalue weighted by Gasteiger charge is -2.41. The van der Waals surface area contributed by atoms with E-state index in [1.54, 1.807) is 19.3 Å². The van der Waals surface area contributed by atoms with Gasteiger partial charge >= 0.3 is 0 Å². The maximum atomic E-state index is 10.7. The van der Waals surface area contributed by atoms with Crippen LogP contribution in [0.5, 0.6) is 11.6 Å².